The van der Waals surface area contributed by atoms with Crippen LogP contribution in [0.15, 0.2) is 28.8 Å². The van der Waals surface area contributed by atoms with Gasteiger partial charge in [0.25, 0.3) is 0 Å². The number of nitrogens with one attached hydrogen (secondary N) is 1. The zero-order valence-electron chi connectivity index (χ0n) is 12.1. The van der Waals surface area contributed by atoms with E-state index in [2.05, 4.69) is 27.6 Å². The summed E-state index contributed by atoms with van der Waals surface area (Å²) in [6.07, 6.45) is 4.26. The van der Waals surface area contributed by atoms with Gasteiger partial charge in [0, 0.05) is 19.3 Å². The fourth-order valence-electron chi connectivity index (χ4n) is 3.53. The van der Waals surface area contributed by atoms with Crippen molar-refractivity contribution in [3.8, 4) is 0 Å². The summed E-state index contributed by atoms with van der Waals surface area (Å²) in [5, 5.41) is 7.61. The van der Waals surface area contributed by atoms with Crippen molar-refractivity contribution >= 4 is 5.69 Å². The molecular weight excluding hydrogens is 266 g/mol. The fraction of sp³-hybridized carbons (Fsp3) is 0.500. The lowest BCUT2D eigenvalue weighted by Crippen LogP contribution is -2.26. The molecule has 0 saturated heterocycles. The van der Waals surface area contributed by atoms with Crippen LogP contribution in [0.25, 0.3) is 0 Å². The van der Waals surface area contributed by atoms with E-state index in [1.54, 1.807) is 7.11 Å². The Balaban J connectivity index is 1.67. The largest absolute Gasteiger partial charge is 0.384 e. The Morgan fingerprint density at radius 3 is 2.90 bits per heavy atom. The van der Waals surface area contributed by atoms with Crippen LogP contribution in [-0.2, 0) is 10.3 Å². The maximum atomic E-state index is 5.73. The van der Waals surface area contributed by atoms with Crippen molar-refractivity contribution in [2.75, 3.05) is 19.0 Å². The minimum atomic E-state index is -0.340. The quantitative estimate of drug-likeness (QED) is 0.939. The molecule has 1 aromatic carbocycles. The molecule has 1 aliphatic heterocycles. The van der Waals surface area contributed by atoms with E-state index in [1.165, 1.54) is 5.56 Å². The predicted molar refractivity (Wildman–Crippen MR) is 78.2 cm³/mol. The van der Waals surface area contributed by atoms with Gasteiger partial charge in [-0.3, -0.25) is 0 Å². The highest BCUT2D eigenvalue weighted by Crippen LogP contribution is 2.41. The lowest BCUT2D eigenvalue weighted by Gasteiger charge is -2.22. The Bertz CT molecular complexity index is 646. The van der Waals surface area contributed by atoms with E-state index in [-0.39, 0.29) is 11.5 Å². The maximum absolute atomic E-state index is 5.73. The summed E-state index contributed by atoms with van der Waals surface area (Å²) in [6, 6.07) is 8.28. The zero-order chi connectivity index (χ0) is 14.3. The SMILES string of the molecule is COC1(c2noc(C3CNc4ccccc43)n2)CCCC1. The number of rotatable bonds is 3. The molecule has 110 valence electrons. The average molecular weight is 285 g/mol. The number of nitrogens with zero attached hydrogens (tertiary/aromatic N) is 2. The third kappa shape index (κ3) is 1.95. The predicted octanol–water partition coefficient (Wildman–Crippen LogP) is 3.04. The second kappa shape index (κ2) is 4.84. The molecular formula is C16H19N3O2. The lowest BCUT2D eigenvalue weighted by atomic mass is 10.00. The van der Waals surface area contributed by atoms with Crippen molar-refractivity contribution in [2.24, 2.45) is 0 Å². The topological polar surface area (TPSA) is 60.2 Å². The Hall–Kier alpha value is -1.88. The molecule has 1 aromatic heterocycles. The third-order valence-electron chi connectivity index (χ3n) is 4.78. The van der Waals surface area contributed by atoms with E-state index >= 15 is 0 Å². The molecule has 5 heteroatoms. The number of anilines is 1. The van der Waals surface area contributed by atoms with Crippen LogP contribution in [0.5, 0.6) is 0 Å². The van der Waals surface area contributed by atoms with Crippen molar-refractivity contribution in [1.29, 1.82) is 0 Å². The van der Waals surface area contributed by atoms with Crippen LogP contribution in [0, 0.1) is 0 Å². The summed E-state index contributed by atoms with van der Waals surface area (Å²) in [5.41, 5.74) is 2.04. The van der Waals surface area contributed by atoms with Gasteiger partial charge in [-0.1, -0.05) is 23.4 Å². The van der Waals surface area contributed by atoms with Gasteiger partial charge in [-0.05, 0) is 37.3 Å². The van der Waals surface area contributed by atoms with Gasteiger partial charge in [-0.2, -0.15) is 4.98 Å². The monoisotopic (exact) mass is 285 g/mol. The maximum Gasteiger partial charge on any atom is 0.236 e. The fourth-order valence-corrected chi connectivity index (χ4v) is 3.53. The molecule has 5 nitrogen and oxygen atoms in total. The zero-order valence-corrected chi connectivity index (χ0v) is 12.1. The number of fused-ring (bicyclic) bond motifs is 1. The minimum Gasteiger partial charge on any atom is -0.384 e. The molecule has 0 bridgehead atoms. The van der Waals surface area contributed by atoms with Crippen LogP contribution in [0.2, 0.25) is 0 Å². The highest BCUT2D eigenvalue weighted by Gasteiger charge is 2.41. The number of hydrogen-bond donors (Lipinski definition) is 1. The van der Waals surface area contributed by atoms with E-state index in [0.29, 0.717) is 11.7 Å². The van der Waals surface area contributed by atoms with E-state index in [4.69, 9.17) is 9.26 Å². The summed E-state index contributed by atoms with van der Waals surface area (Å²) in [6.45, 7) is 0.807. The number of para-hydroxylation sites is 1. The van der Waals surface area contributed by atoms with E-state index < -0.39 is 0 Å². The molecule has 1 fully saturated rings. The Labute approximate surface area is 123 Å². The van der Waals surface area contributed by atoms with Gasteiger partial charge in [0.1, 0.15) is 5.60 Å². The molecule has 2 heterocycles. The summed E-state index contributed by atoms with van der Waals surface area (Å²) in [4.78, 5) is 4.67. The number of methoxy groups -OCH3 is 1. The lowest BCUT2D eigenvalue weighted by molar-refractivity contribution is -0.0178. The van der Waals surface area contributed by atoms with Crippen molar-refractivity contribution < 1.29 is 9.26 Å². The molecule has 4 rings (SSSR count). The molecule has 2 aromatic rings. The van der Waals surface area contributed by atoms with Crippen molar-refractivity contribution in [1.82, 2.24) is 10.1 Å². The molecule has 2 aliphatic rings. The van der Waals surface area contributed by atoms with Gasteiger partial charge in [0.15, 0.2) is 0 Å². The normalized spacial score (nSPS) is 23.0. The summed E-state index contributed by atoms with van der Waals surface area (Å²) < 4.78 is 11.3. The van der Waals surface area contributed by atoms with Crippen LogP contribution < -0.4 is 5.32 Å². The van der Waals surface area contributed by atoms with Gasteiger partial charge in [-0.25, -0.2) is 0 Å². The van der Waals surface area contributed by atoms with Crippen LogP contribution >= 0.6 is 0 Å². The average Bonchev–Trinajstić information content (AvgIpc) is 3.25. The van der Waals surface area contributed by atoms with Crippen LogP contribution in [0.3, 0.4) is 0 Å². The van der Waals surface area contributed by atoms with Crippen LogP contribution in [0.1, 0.15) is 48.9 Å². The molecule has 1 N–H and O–H groups in total. The Kier molecular flexibility index (Phi) is 2.96. The summed E-state index contributed by atoms with van der Waals surface area (Å²) in [5.74, 6) is 1.53. The van der Waals surface area contributed by atoms with Crippen molar-refractivity contribution in [3.05, 3.63) is 41.5 Å². The van der Waals surface area contributed by atoms with Crippen LogP contribution in [0.4, 0.5) is 5.69 Å². The third-order valence-corrected chi connectivity index (χ3v) is 4.78. The highest BCUT2D eigenvalue weighted by molar-refractivity contribution is 5.59. The van der Waals surface area contributed by atoms with Gasteiger partial charge in [0.2, 0.25) is 11.7 Å². The second-order valence-electron chi connectivity index (χ2n) is 5.88. The Morgan fingerprint density at radius 2 is 2.10 bits per heavy atom. The van der Waals surface area contributed by atoms with E-state index in [0.717, 1.165) is 37.9 Å². The van der Waals surface area contributed by atoms with Gasteiger partial charge in [-0.15, -0.1) is 0 Å². The highest BCUT2D eigenvalue weighted by atomic mass is 16.5. The van der Waals surface area contributed by atoms with E-state index in [9.17, 15) is 0 Å². The molecule has 0 amide bonds. The molecule has 21 heavy (non-hydrogen) atoms. The first-order chi connectivity index (χ1) is 10.3. The number of aromatic nitrogens is 2. The first-order valence-corrected chi connectivity index (χ1v) is 7.54. The first-order valence-electron chi connectivity index (χ1n) is 7.54. The Morgan fingerprint density at radius 1 is 1.29 bits per heavy atom. The standard InChI is InChI=1S/C16H19N3O2/c1-20-16(8-4-5-9-16)15-18-14(21-19-15)12-10-17-13-7-3-2-6-11(12)13/h2-3,6-7,12,17H,4-5,8-10H2,1H3. The second-order valence-corrected chi connectivity index (χ2v) is 5.88. The number of ether oxygens (including phenoxy) is 1. The summed E-state index contributed by atoms with van der Waals surface area (Å²) in [7, 11) is 1.74. The van der Waals surface area contributed by atoms with Crippen molar-refractivity contribution in [3.63, 3.8) is 0 Å². The van der Waals surface area contributed by atoms with Crippen LogP contribution in [-0.4, -0.2) is 23.8 Å². The molecule has 1 unspecified atom stereocenters. The van der Waals surface area contributed by atoms with Gasteiger partial charge < -0.3 is 14.6 Å². The minimum absolute atomic E-state index is 0.137. The van der Waals surface area contributed by atoms with Gasteiger partial charge in [0.05, 0.1) is 5.92 Å². The van der Waals surface area contributed by atoms with Crippen molar-refractivity contribution in [2.45, 2.75) is 37.2 Å². The van der Waals surface area contributed by atoms with E-state index in [1.807, 2.05) is 12.1 Å². The number of benzene rings is 1. The number of hydrogen-bond acceptors (Lipinski definition) is 5. The molecule has 1 saturated carbocycles. The molecule has 0 radical (unpaired) electrons. The van der Waals surface area contributed by atoms with Gasteiger partial charge >= 0.3 is 0 Å². The smallest absolute Gasteiger partial charge is 0.236 e. The molecule has 0 spiro atoms. The molecule has 1 aliphatic carbocycles. The molecule has 1 atom stereocenters. The summed E-state index contributed by atoms with van der Waals surface area (Å²) >= 11 is 0. The first kappa shape index (κ1) is 12.8.